The van der Waals surface area contributed by atoms with Gasteiger partial charge in [-0.3, -0.25) is 0 Å². The predicted molar refractivity (Wildman–Crippen MR) is 134 cm³/mol. The summed E-state index contributed by atoms with van der Waals surface area (Å²) in [6, 6.07) is 2.92. The molecular weight excluding hydrogens is 430 g/mol. The summed E-state index contributed by atoms with van der Waals surface area (Å²) < 4.78 is 39.1. The zero-order valence-corrected chi connectivity index (χ0v) is 21.2. The van der Waals surface area contributed by atoms with Crippen LogP contribution in [0.5, 0.6) is 11.5 Å². The van der Waals surface area contributed by atoms with E-state index in [0.717, 1.165) is 36.5 Å². The van der Waals surface area contributed by atoms with E-state index in [-0.39, 0.29) is 11.5 Å². The molecule has 0 aliphatic heterocycles. The van der Waals surface area contributed by atoms with E-state index in [0.29, 0.717) is 25.0 Å². The maximum atomic E-state index is 14.2. The van der Waals surface area contributed by atoms with E-state index in [1.165, 1.54) is 76.3 Å². The summed E-state index contributed by atoms with van der Waals surface area (Å²) in [6.07, 6.45) is 21.0. The summed E-state index contributed by atoms with van der Waals surface area (Å²) in [5.41, 5.74) is 0. The highest BCUT2D eigenvalue weighted by Crippen LogP contribution is 2.46. The Hall–Kier alpha value is -1.58. The first-order valence-electron chi connectivity index (χ1n) is 14.0. The Balaban J connectivity index is 1.17. The van der Waals surface area contributed by atoms with Crippen LogP contribution in [-0.2, 0) is 0 Å². The van der Waals surface area contributed by atoms with E-state index in [1.54, 1.807) is 6.92 Å². The van der Waals surface area contributed by atoms with Gasteiger partial charge in [0.25, 0.3) is 0 Å². The van der Waals surface area contributed by atoms with Crippen LogP contribution >= 0.6 is 0 Å². The molecule has 4 heteroatoms. The number of ether oxygens (including phenoxy) is 2. The van der Waals surface area contributed by atoms with Gasteiger partial charge in [0.1, 0.15) is 0 Å². The maximum Gasteiger partial charge on any atom is 0.204 e. The monoisotopic (exact) mass is 474 g/mol. The molecule has 0 N–H and O–H groups in total. The van der Waals surface area contributed by atoms with Gasteiger partial charge in [0.2, 0.25) is 11.6 Å². The highest BCUT2D eigenvalue weighted by molar-refractivity contribution is 5.35. The van der Waals surface area contributed by atoms with Crippen LogP contribution in [0.25, 0.3) is 0 Å². The van der Waals surface area contributed by atoms with Crippen molar-refractivity contribution in [1.82, 2.24) is 0 Å². The fourth-order valence-corrected chi connectivity index (χ4v) is 6.83. The quantitative estimate of drug-likeness (QED) is 0.333. The van der Waals surface area contributed by atoms with Gasteiger partial charge in [-0.15, -0.1) is 0 Å². The number of benzene rings is 1. The Bertz CT molecular complexity index is 799. The molecule has 0 spiro atoms. The molecule has 4 rings (SSSR count). The molecule has 0 aromatic heterocycles. The second kappa shape index (κ2) is 12.4. The normalized spacial score (nSPS) is 31.9. The summed E-state index contributed by atoms with van der Waals surface area (Å²) in [5.74, 6) is 2.84. The molecule has 3 aliphatic carbocycles. The zero-order valence-electron chi connectivity index (χ0n) is 21.2. The van der Waals surface area contributed by atoms with E-state index in [9.17, 15) is 8.78 Å². The molecule has 3 fully saturated rings. The van der Waals surface area contributed by atoms with Gasteiger partial charge in [0.05, 0.1) is 13.2 Å². The van der Waals surface area contributed by atoms with Crippen molar-refractivity contribution >= 4 is 0 Å². The molecule has 2 nitrogen and oxygen atoms in total. The van der Waals surface area contributed by atoms with Crippen LogP contribution in [-0.4, -0.2) is 13.2 Å². The van der Waals surface area contributed by atoms with E-state index in [2.05, 4.69) is 19.1 Å². The van der Waals surface area contributed by atoms with Crippen LogP contribution in [0.15, 0.2) is 24.3 Å². The molecule has 1 aromatic rings. The maximum absolute atomic E-state index is 14.2. The van der Waals surface area contributed by atoms with Gasteiger partial charge in [-0.2, -0.15) is 8.78 Å². The van der Waals surface area contributed by atoms with Crippen LogP contribution in [0.4, 0.5) is 8.78 Å². The molecular formula is C30H44F2O2. The Kier molecular flexibility index (Phi) is 9.31. The minimum Gasteiger partial charge on any atom is -0.491 e. The molecule has 3 saturated carbocycles. The Morgan fingerprint density at radius 1 is 0.735 bits per heavy atom. The minimum absolute atomic E-state index is 0.0118. The van der Waals surface area contributed by atoms with E-state index in [1.807, 2.05) is 0 Å². The first kappa shape index (κ1) is 25.5. The number of hydrogen-bond acceptors (Lipinski definition) is 2. The van der Waals surface area contributed by atoms with Crippen LogP contribution in [0, 0.1) is 47.1 Å². The van der Waals surface area contributed by atoms with Crippen LogP contribution in [0.3, 0.4) is 0 Å². The summed E-state index contributed by atoms with van der Waals surface area (Å²) in [4.78, 5) is 0. The Morgan fingerprint density at radius 2 is 1.32 bits per heavy atom. The number of rotatable bonds is 9. The van der Waals surface area contributed by atoms with Crippen molar-refractivity contribution in [1.29, 1.82) is 0 Å². The first-order valence-corrected chi connectivity index (χ1v) is 14.0. The zero-order chi connectivity index (χ0) is 23.9. The lowest BCUT2D eigenvalue weighted by Gasteiger charge is -2.41. The van der Waals surface area contributed by atoms with E-state index < -0.39 is 11.6 Å². The topological polar surface area (TPSA) is 18.5 Å². The van der Waals surface area contributed by atoms with Crippen molar-refractivity contribution in [3.8, 4) is 11.5 Å². The van der Waals surface area contributed by atoms with Gasteiger partial charge in [0.15, 0.2) is 11.5 Å². The molecule has 0 saturated heterocycles. The molecule has 1 aromatic carbocycles. The molecule has 0 heterocycles. The first-order chi connectivity index (χ1) is 16.6. The number of halogens is 2. The van der Waals surface area contributed by atoms with Gasteiger partial charge in [0, 0.05) is 0 Å². The lowest BCUT2D eigenvalue weighted by atomic mass is 9.64. The standard InChI is InChI=1S/C30H44F2O2/c1-3-5-22-12-14-26-19-23(13-15-25(26)18-22)9-6-21-7-10-24(11-8-21)20-34-28-17-16-27(33-4-2)29(31)30(28)32/h6,9,16-17,21-26H,3-5,7-8,10-15,18-20H2,1-2H3/b9-6+. The predicted octanol–water partition coefficient (Wildman–Crippen LogP) is 8.74. The van der Waals surface area contributed by atoms with Gasteiger partial charge in [-0.25, -0.2) is 0 Å². The van der Waals surface area contributed by atoms with Crippen LogP contribution < -0.4 is 9.47 Å². The van der Waals surface area contributed by atoms with Gasteiger partial charge in [-0.05, 0) is 112 Å². The van der Waals surface area contributed by atoms with Crippen molar-refractivity contribution in [2.45, 2.75) is 90.9 Å². The second-order valence-corrected chi connectivity index (χ2v) is 11.2. The van der Waals surface area contributed by atoms with E-state index in [4.69, 9.17) is 9.47 Å². The lowest BCUT2D eigenvalue weighted by Crippen LogP contribution is -2.30. The third-order valence-electron chi connectivity index (χ3n) is 8.79. The molecule has 3 aliphatic rings. The highest BCUT2D eigenvalue weighted by atomic mass is 19.2. The fraction of sp³-hybridized carbons (Fsp3) is 0.733. The van der Waals surface area contributed by atoms with E-state index >= 15 is 0 Å². The molecule has 4 atom stereocenters. The third-order valence-corrected chi connectivity index (χ3v) is 8.79. The average Bonchev–Trinajstić information content (AvgIpc) is 2.86. The summed E-state index contributed by atoms with van der Waals surface area (Å²) in [5, 5.41) is 0. The van der Waals surface area contributed by atoms with Gasteiger partial charge >= 0.3 is 0 Å². The summed E-state index contributed by atoms with van der Waals surface area (Å²) in [6.45, 7) is 4.83. The SMILES string of the molecule is CCCC1CCC2CC(/C=C/C3CCC(COc4ccc(OCC)c(F)c4F)CC3)CCC2C1. The molecule has 0 amide bonds. The second-order valence-electron chi connectivity index (χ2n) is 11.2. The summed E-state index contributed by atoms with van der Waals surface area (Å²) >= 11 is 0. The minimum atomic E-state index is -0.962. The van der Waals surface area contributed by atoms with Crippen LogP contribution in [0.2, 0.25) is 0 Å². The lowest BCUT2D eigenvalue weighted by molar-refractivity contribution is 0.107. The molecule has 0 radical (unpaired) electrons. The molecule has 190 valence electrons. The van der Waals surface area contributed by atoms with Crippen molar-refractivity contribution in [2.75, 3.05) is 13.2 Å². The Labute approximate surface area is 205 Å². The van der Waals surface area contributed by atoms with Crippen molar-refractivity contribution in [3.63, 3.8) is 0 Å². The van der Waals surface area contributed by atoms with Crippen molar-refractivity contribution < 1.29 is 18.3 Å². The number of fused-ring (bicyclic) bond motifs is 1. The van der Waals surface area contributed by atoms with Crippen molar-refractivity contribution in [3.05, 3.63) is 35.9 Å². The number of hydrogen-bond donors (Lipinski definition) is 0. The van der Waals surface area contributed by atoms with Crippen molar-refractivity contribution in [2.24, 2.45) is 35.5 Å². The van der Waals surface area contributed by atoms with Gasteiger partial charge in [-0.1, -0.05) is 38.3 Å². The fourth-order valence-electron chi connectivity index (χ4n) is 6.83. The summed E-state index contributed by atoms with van der Waals surface area (Å²) in [7, 11) is 0. The Morgan fingerprint density at radius 3 is 2.03 bits per heavy atom. The smallest absolute Gasteiger partial charge is 0.204 e. The van der Waals surface area contributed by atoms with Crippen LogP contribution in [0.1, 0.15) is 90.9 Å². The number of allylic oxidation sites excluding steroid dienone is 2. The highest BCUT2D eigenvalue weighted by Gasteiger charge is 2.34. The molecule has 4 unspecified atom stereocenters. The third kappa shape index (κ3) is 6.55. The molecule has 0 bridgehead atoms. The molecule has 34 heavy (non-hydrogen) atoms. The average molecular weight is 475 g/mol. The van der Waals surface area contributed by atoms with Gasteiger partial charge < -0.3 is 9.47 Å². The largest absolute Gasteiger partial charge is 0.491 e.